The third-order valence-electron chi connectivity index (χ3n) is 2.67. The smallest absolute Gasteiger partial charge is 0.263 e. The molecule has 0 saturated heterocycles. The summed E-state index contributed by atoms with van der Waals surface area (Å²) in [5.41, 5.74) is 6.75. The third-order valence-corrected chi connectivity index (χ3v) is 3.43. The first-order chi connectivity index (χ1) is 10.0. The average molecular weight is 305 g/mol. The fourth-order valence-electron chi connectivity index (χ4n) is 1.72. The first-order valence-corrected chi connectivity index (χ1v) is 7.20. The normalized spacial score (nSPS) is 10.2. The minimum Gasteiger partial charge on any atom is -0.493 e. The van der Waals surface area contributed by atoms with Crippen LogP contribution in [0.4, 0.5) is 10.8 Å². The van der Waals surface area contributed by atoms with E-state index in [1.807, 2.05) is 6.92 Å². The second-order valence-electron chi connectivity index (χ2n) is 4.20. The number of carbonyl (C=O) groups is 2. The zero-order valence-electron chi connectivity index (χ0n) is 11.7. The number of Topliss-reactive ketones (excluding diaryl/α,β-unsaturated/α-hetero) is 1. The molecule has 0 unspecified atom stereocenters. The van der Waals surface area contributed by atoms with Gasteiger partial charge in [0.2, 0.25) is 0 Å². The van der Waals surface area contributed by atoms with Gasteiger partial charge < -0.3 is 10.5 Å². The Balaban J connectivity index is 2.25. The standard InChI is InChI=1S/C14H15N3O3S/c1-3-20-11-6-4-5-9(15)12(11)13(19)17-14-16-10(7-21-14)8(2)18/h4-7H,3,15H2,1-2H3,(H,16,17,19). The van der Waals surface area contributed by atoms with E-state index in [4.69, 9.17) is 10.5 Å². The summed E-state index contributed by atoms with van der Waals surface area (Å²) < 4.78 is 5.41. The maximum absolute atomic E-state index is 12.3. The Bertz CT molecular complexity index is 682. The zero-order valence-corrected chi connectivity index (χ0v) is 12.5. The van der Waals surface area contributed by atoms with Crippen molar-refractivity contribution in [1.82, 2.24) is 4.98 Å². The number of ketones is 1. The van der Waals surface area contributed by atoms with E-state index in [0.717, 1.165) is 0 Å². The van der Waals surface area contributed by atoms with E-state index in [0.29, 0.717) is 28.9 Å². The summed E-state index contributed by atoms with van der Waals surface area (Å²) in [6.45, 7) is 3.67. The van der Waals surface area contributed by atoms with Crippen molar-refractivity contribution in [2.24, 2.45) is 0 Å². The Labute approximate surface area is 125 Å². The highest BCUT2D eigenvalue weighted by molar-refractivity contribution is 7.14. The Morgan fingerprint density at radius 3 is 2.81 bits per heavy atom. The van der Waals surface area contributed by atoms with Gasteiger partial charge in [0.15, 0.2) is 10.9 Å². The van der Waals surface area contributed by atoms with Crippen molar-refractivity contribution in [2.45, 2.75) is 13.8 Å². The number of benzene rings is 1. The molecule has 1 aromatic carbocycles. The number of nitrogen functional groups attached to an aromatic ring is 1. The number of nitrogens with two attached hydrogens (primary N) is 1. The molecule has 2 rings (SSSR count). The SMILES string of the molecule is CCOc1cccc(N)c1C(=O)Nc1nc(C(C)=O)cs1. The number of hydrogen-bond donors (Lipinski definition) is 2. The summed E-state index contributed by atoms with van der Waals surface area (Å²) in [5, 5.41) is 4.57. The maximum atomic E-state index is 12.3. The number of amides is 1. The fourth-order valence-corrected chi connectivity index (χ4v) is 2.46. The number of thiazole rings is 1. The molecule has 21 heavy (non-hydrogen) atoms. The Kier molecular flexibility index (Phi) is 4.54. The molecule has 7 heteroatoms. The predicted octanol–water partition coefficient (Wildman–Crippen LogP) is 2.58. The molecule has 110 valence electrons. The van der Waals surface area contributed by atoms with E-state index in [9.17, 15) is 9.59 Å². The van der Waals surface area contributed by atoms with Crippen LogP contribution in [0.5, 0.6) is 5.75 Å². The highest BCUT2D eigenvalue weighted by Gasteiger charge is 2.18. The molecule has 2 aromatic rings. The van der Waals surface area contributed by atoms with E-state index >= 15 is 0 Å². The summed E-state index contributed by atoms with van der Waals surface area (Å²) in [7, 11) is 0. The lowest BCUT2D eigenvalue weighted by atomic mass is 10.1. The van der Waals surface area contributed by atoms with Crippen LogP contribution >= 0.6 is 11.3 Å². The number of nitrogens with zero attached hydrogens (tertiary/aromatic N) is 1. The largest absolute Gasteiger partial charge is 0.493 e. The first kappa shape index (κ1) is 15.0. The van der Waals surface area contributed by atoms with Crippen molar-refractivity contribution in [3.63, 3.8) is 0 Å². The van der Waals surface area contributed by atoms with Gasteiger partial charge in [-0.15, -0.1) is 11.3 Å². The highest BCUT2D eigenvalue weighted by atomic mass is 32.1. The number of ether oxygens (including phenoxy) is 1. The van der Waals surface area contributed by atoms with Crippen LogP contribution in [0.25, 0.3) is 0 Å². The van der Waals surface area contributed by atoms with Crippen LogP contribution in [0.3, 0.4) is 0 Å². The lowest BCUT2D eigenvalue weighted by Gasteiger charge is -2.11. The van der Waals surface area contributed by atoms with Crippen LogP contribution in [-0.2, 0) is 0 Å². The van der Waals surface area contributed by atoms with Gasteiger partial charge in [0.05, 0.1) is 6.61 Å². The van der Waals surface area contributed by atoms with Crippen LogP contribution in [0.2, 0.25) is 0 Å². The number of hydrogen-bond acceptors (Lipinski definition) is 6. The molecule has 0 saturated carbocycles. The molecular weight excluding hydrogens is 290 g/mol. The summed E-state index contributed by atoms with van der Waals surface area (Å²) in [4.78, 5) is 27.6. The molecule has 1 amide bonds. The molecule has 0 atom stereocenters. The van der Waals surface area contributed by atoms with Crippen molar-refractivity contribution < 1.29 is 14.3 Å². The molecule has 0 aliphatic rings. The minimum atomic E-state index is -0.416. The monoisotopic (exact) mass is 305 g/mol. The van der Waals surface area contributed by atoms with Gasteiger partial charge >= 0.3 is 0 Å². The topological polar surface area (TPSA) is 94.3 Å². The number of rotatable bonds is 5. The molecule has 0 fully saturated rings. The minimum absolute atomic E-state index is 0.152. The summed E-state index contributed by atoms with van der Waals surface area (Å²) >= 11 is 1.18. The van der Waals surface area contributed by atoms with E-state index in [2.05, 4.69) is 10.3 Å². The third kappa shape index (κ3) is 3.38. The summed E-state index contributed by atoms with van der Waals surface area (Å²) in [6.07, 6.45) is 0. The molecule has 0 aliphatic carbocycles. The van der Waals surface area contributed by atoms with Crippen LogP contribution in [0.1, 0.15) is 34.7 Å². The van der Waals surface area contributed by atoms with Crippen molar-refractivity contribution in [3.8, 4) is 5.75 Å². The molecule has 0 spiro atoms. The summed E-state index contributed by atoms with van der Waals surface area (Å²) in [5.74, 6) is -0.152. The van der Waals surface area contributed by atoms with Gasteiger partial charge in [0.25, 0.3) is 5.91 Å². The van der Waals surface area contributed by atoms with Crippen LogP contribution in [-0.4, -0.2) is 23.3 Å². The predicted molar refractivity (Wildman–Crippen MR) is 82.1 cm³/mol. The maximum Gasteiger partial charge on any atom is 0.263 e. The van der Waals surface area contributed by atoms with E-state index in [1.54, 1.807) is 23.6 Å². The molecule has 0 radical (unpaired) electrons. The van der Waals surface area contributed by atoms with Crippen LogP contribution in [0, 0.1) is 0 Å². The van der Waals surface area contributed by atoms with Crippen molar-refractivity contribution >= 4 is 33.8 Å². The lowest BCUT2D eigenvalue weighted by Crippen LogP contribution is -2.16. The van der Waals surface area contributed by atoms with Gasteiger partial charge in [-0.2, -0.15) is 0 Å². The van der Waals surface area contributed by atoms with E-state index in [-0.39, 0.29) is 11.3 Å². The van der Waals surface area contributed by atoms with Crippen LogP contribution < -0.4 is 15.8 Å². The van der Waals surface area contributed by atoms with Gasteiger partial charge in [-0.1, -0.05) is 6.07 Å². The Morgan fingerprint density at radius 2 is 2.19 bits per heavy atom. The average Bonchev–Trinajstić information content (AvgIpc) is 2.87. The molecular formula is C14H15N3O3S. The number of anilines is 2. The Morgan fingerprint density at radius 1 is 1.43 bits per heavy atom. The van der Waals surface area contributed by atoms with Crippen LogP contribution in [0.15, 0.2) is 23.6 Å². The van der Waals surface area contributed by atoms with E-state index < -0.39 is 5.91 Å². The first-order valence-electron chi connectivity index (χ1n) is 6.32. The summed E-state index contributed by atoms with van der Waals surface area (Å²) in [6, 6.07) is 5.02. The second-order valence-corrected chi connectivity index (χ2v) is 5.06. The van der Waals surface area contributed by atoms with E-state index in [1.165, 1.54) is 18.3 Å². The molecule has 0 bridgehead atoms. The zero-order chi connectivity index (χ0) is 15.4. The van der Waals surface area contributed by atoms with Gasteiger partial charge in [0, 0.05) is 18.0 Å². The van der Waals surface area contributed by atoms with Gasteiger partial charge in [0.1, 0.15) is 17.0 Å². The second kappa shape index (κ2) is 6.36. The number of aromatic nitrogens is 1. The molecule has 3 N–H and O–H groups in total. The number of nitrogens with one attached hydrogen (secondary N) is 1. The van der Waals surface area contributed by atoms with Crippen molar-refractivity contribution in [2.75, 3.05) is 17.7 Å². The van der Waals surface area contributed by atoms with Gasteiger partial charge in [-0.05, 0) is 19.1 Å². The van der Waals surface area contributed by atoms with Gasteiger partial charge in [-0.3, -0.25) is 14.9 Å². The highest BCUT2D eigenvalue weighted by Crippen LogP contribution is 2.26. The lowest BCUT2D eigenvalue weighted by molar-refractivity contribution is 0.100. The quantitative estimate of drug-likeness (QED) is 0.654. The Hall–Kier alpha value is -2.41. The molecule has 0 aliphatic heterocycles. The molecule has 1 aromatic heterocycles. The molecule has 1 heterocycles. The fraction of sp³-hybridized carbons (Fsp3) is 0.214. The van der Waals surface area contributed by atoms with Gasteiger partial charge in [-0.25, -0.2) is 4.98 Å². The van der Waals surface area contributed by atoms with Crippen molar-refractivity contribution in [1.29, 1.82) is 0 Å². The van der Waals surface area contributed by atoms with Crippen molar-refractivity contribution in [3.05, 3.63) is 34.8 Å². The molecule has 6 nitrogen and oxygen atoms in total. The number of carbonyl (C=O) groups excluding carboxylic acids is 2.